The summed E-state index contributed by atoms with van der Waals surface area (Å²) in [5.41, 5.74) is 0.234. The molecular weight excluding hydrogens is 176 g/mol. The molecule has 74 valence electrons. The Hall–Kier alpha value is -1.47. The molecule has 0 saturated carbocycles. The van der Waals surface area contributed by atoms with E-state index in [1.807, 2.05) is 32.9 Å². The van der Waals surface area contributed by atoms with Crippen LogP contribution in [0.4, 0.5) is 0 Å². The number of carbonyl (C=O) groups is 1. The third-order valence-corrected chi connectivity index (χ3v) is 1.53. The Morgan fingerprint density at radius 1 is 1.43 bits per heavy atom. The Labute approximate surface area is 84.0 Å². The van der Waals surface area contributed by atoms with Crippen molar-refractivity contribution in [2.75, 3.05) is 0 Å². The second kappa shape index (κ2) is 4.16. The highest BCUT2D eigenvalue weighted by Crippen LogP contribution is 2.09. The molecule has 0 amide bonds. The number of nitrogens with zero attached hydrogens (tertiary/aromatic N) is 2. The van der Waals surface area contributed by atoms with Crippen molar-refractivity contribution >= 4 is 11.8 Å². The predicted molar refractivity (Wildman–Crippen MR) is 56.5 cm³/mol. The maximum absolute atomic E-state index is 11.3. The highest BCUT2D eigenvalue weighted by atomic mass is 16.1. The number of ketones is 1. The van der Waals surface area contributed by atoms with Gasteiger partial charge in [0.05, 0.1) is 11.5 Å². The van der Waals surface area contributed by atoms with Crippen molar-refractivity contribution in [3.8, 4) is 0 Å². The van der Waals surface area contributed by atoms with Gasteiger partial charge in [-0.25, -0.2) is 4.99 Å². The Bertz CT molecular complexity index is 350. The average molecular weight is 190 g/mol. The van der Waals surface area contributed by atoms with Gasteiger partial charge in [0.15, 0.2) is 5.78 Å². The van der Waals surface area contributed by atoms with E-state index in [-0.39, 0.29) is 11.3 Å². The first-order chi connectivity index (χ1) is 6.49. The average Bonchev–Trinajstić information content (AvgIpc) is 2.06. The van der Waals surface area contributed by atoms with Crippen LogP contribution >= 0.6 is 0 Å². The number of aliphatic imine (C=N–C) groups is 2. The van der Waals surface area contributed by atoms with E-state index < -0.39 is 0 Å². The maximum Gasteiger partial charge on any atom is 0.185 e. The lowest BCUT2D eigenvalue weighted by Crippen LogP contribution is -2.08. The Kier molecular flexibility index (Phi) is 3.15. The van der Waals surface area contributed by atoms with Crippen molar-refractivity contribution < 1.29 is 4.79 Å². The van der Waals surface area contributed by atoms with Crippen LogP contribution in [0.5, 0.6) is 0 Å². The number of hydrogen-bond donors (Lipinski definition) is 0. The number of allylic oxidation sites excluding steroid dienone is 4. The summed E-state index contributed by atoms with van der Waals surface area (Å²) in [5, 5.41) is 0. The highest BCUT2D eigenvalue weighted by molar-refractivity contribution is 5.98. The minimum Gasteiger partial charge on any atom is -0.292 e. The van der Waals surface area contributed by atoms with Gasteiger partial charge in [-0.3, -0.25) is 4.79 Å². The summed E-state index contributed by atoms with van der Waals surface area (Å²) >= 11 is 0. The molecule has 0 N–H and O–H groups in total. The molecule has 1 aliphatic rings. The van der Waals surface area contributed by atoms with Crippen LogP contribution in [0.3, 0.4) is 0 Å². The van der Waals surface area contributed by atoms with Crippen molar-refractivity contribution in [2.45, 2.75) is 32.7 Å². The molecule has 0 spiro atoms. The molecule has 0 bridgehead atoms. The van der Waals surface area contributed by atoms with Crippen LogP contribution in [0.2, 0.25) is 0 Å². The van der Waals surface area contributed by atoms with Crippen LogP contribution in [0.15, 0.2) is 33.9 Å². The van der Waals surface area contributed by atoms with Crippen LogP contribution in [-0.4, -0.2) is 17.3 Å². The van der Waals surface area contributed by atoms with E-state index in [1.54, 1.807) is 6.08 Å². The summed E-state index contributed by atoms with van der Waals surface area (Å²) in [6.45, 7) is 5.85. The molecule has 0 saturated heterocycles. The van der Waals surface area contributed by atoms with Crippen molar-refractivity contribution in [2.24, 2.45) is 9.98 Å². The Morgan fingerprint density at radius 2 is 2.14 bits per heavy atom. The first kappa shape index (κ1) is 10.6. The third-order valence-electron chi connectivity index (χ3n) is 1.53. The smallest absolute Gasteiger partial charge is 0.185 e. The molecule has 0 aromatic heterocycles. The molecule has 0 aromatic carbocycles. The Balaban J connectivity index is 2.78. The van der Waals surface area contributed by atoms with Gasteiger partial charge >= 0.3 is 0 Å². The third kappa shape index (κ3) is 3.50. The fourth-order valence-corrected chi connectivity index (χ4v) is 0.860. The van der Waals surface area contributed by atoms with Gasteiger partial charge in [0.1, 0.15) is 5.70 Å². The molecular formula is C11H14N2O. The van der Waals surface area contributed by atoms with Crippen molar-refractivity contribution in [1.29, 1.82) is 0 Å². The standard InChI is InChI=1S/C11H14N2O/c1-11(2,3)13-8-12-9-6-4-5-7-10(9)14/h4-6H,7H2,1-3H3. The minimum atomic E-state index is -0.197. The fourth-order valence-electron chi connectivity index (χ4n) is 0.860. The molecule has 3 nitrogen and oxygen atoms in total. The zero-order valence-electron chi connectivity index (χ0n) is 8.74. The van der Waals surface area contributed by atoms with Gasteiger partial charge in [0, 0.05) is 6.42 Å². The van der Waals surface area contributed by atoms with Crippen molar-refractivity contribution in [1.82, 2.24) is 0 Å². The largest absolute Gasteiger partial charge is 0.292 e. The summed E-state index contributed by atoms with van der Waals surface area (Å²) in [5.74, 6) is 0.0177. The Morgan fingerprint density at radius 3 is 2.71 bits per heavy atom. The monoisotopic (exact) mass is 190 g/mol. The zero-order chi connectivity index (χ0) is 10.6. The van der Waals surface area contributed by atoms with Gasteiger partial charge in [-0.05, 0) is 26.8 Å². The quantitative estimate of drug-likeness (QED) is 0.585. The number of hydrogen-bond acceptors (Lipinski definition) is 3. The molecule has 3 heteroatoms. The SMILES string of the molecule is CC(C)(C)N=C=NC1=CC=CCC1=O. The summed E-state index contributed by atoms with van der Waals surface area (Å²) in [6, 6.07) is 2.55. The topological polar surface area (TPSA) is 41.8 Å². The molecule has 14 heavy (non-hydrogen) atoms. The van der Waals surface area contributed by atoms with Crippen molar-refractivity contribution in [3.05, 3.63) is 23.9 Å². The van der Waals surface area contributed by atoms with Gasteiger partial charge < -0.3 is 0 Å². The molecule has 0 heterocycles. The van der Waals surface area contributed by atoms with E-state index in [2.05, 4.69) is 16.0 Å². The summed E-state index contributed by atoms with van der Waals surface area (Å²) < 4.78 is 0. The van der Waals surface area contributed by atoms with Gasteiger partial charge in [-0.2, -0.15) is 4.99 Å². The van der Waals surface area contributed by atoms with E-state index in [4.69, 9.17) is 0 Å². The predicted octanol–water partition coefficient (Wildman–Crippen LogP) is 2.37. The normalized spacial score (nSPS) is 15.9. The van der Waals surface area contributed by atoms with Crippen molar-refractivity contribution in [3.63, 3.8) is 0 Å². The van der Waals surface area contributed by atoms with E-state index in [1.165, 1.54) is 0 Å². The van der Waals surface area contributed by atoms with E-state index in [9.17, 15) is 4.79 Å². The number of rotatable bonds is 1. The van der Waals surface area contributed by atoms with E-state index >= 15 is 0 Å². The second-order valence-corrected chi connectivity index (χ2v) is 4.10. The molecule has 0 aliphatic heterocycles. The lowest BCUT2D eigenvalue weighted by Gasteiger charge is -2.07. The van der Waals surface area contributed by atoms with E-state index in [0.29, 0.717) is 12.1 Å². The van der Waals surface area contributed by atoms with Gasteiger partial charge in [0.2, 0.25) is 0 Å². The second-order valence-electron chi connectivity index (χ2n) is 4.10. The van der Waals surface area contributed by atoms with Gasteiger partial charge in [0.25, 0.3) is 0 Å². The summed E-state index contributed by atoms with van der Waals surface area (Å²) in [6.07, 6.45) is 5.73. The highest BCUT2D eigenvalue weighted by Gasteiger charge is 2.08. The molecule has 0 radical (unpaired) electrons. The first-order valence-corrected chi connectivity index (χ1v) is 4.57. The van der Waals surface area contributed by atoms with E-state index in [0.717, 1.165) is 0 Å². The first-order valence-electron chi connectivity index (χ1n) is 4.57. The molecule has 0 aromatic rings. The van der Waals surface area contributed by atoms with Gasteiger partial charge in [-0.1, -0.05) is 12.2 Å². The van der Waals surface area contributed by atoms with Crippen LogP contribution in [0.25, 0.3) is 0 Å². The molecule has 0 fully saturated rings. The fraction of sp³-hybridized carbons (Fsp3) is 0.455. The molecule has 1 aliphatic carbocycles. The van der Waals surface area contributed by atoms with Gasteiger partial charge in [-0.15, -0.1) is 0 Å². The maximum atomic E-state index is 11.3. The van der Waals surface area contributed by atoms with Crippen LogP contribution in [0.1, 0.15) is 27.2 Å². The van der Waals surface area contributed by atoms with Crippen LogP contribution < -0.4 is 0 Å². The molecule has 1 rings (SSSR count). The summed E-state index contributed by atoms with van der Waals surface area (Å²) in [4.78, 5) is 19.2. The summed E-state index contributed by atoms with van der Waals surface area (Å²) in [7, 11) is 0. The number of Topliss-reactive ketones (excluding diaryl/α,β-unsaturated/α-hetero) is 1. The number of carbonyl (C=O) groups excluding carboxylic acids is 1. The molecule has 0 unspecified atom stereocenters. The zero-order valence-corrected chi connectivity index (χ0v) is 8.74. The lowest BCUT2D eigenvalue weighted by molar-refractivity contribution is -0.114. The van der Waals surface area contributed by atoms with Crippen LogP contribution in [0, 0.1) is 0 Å². The molecule has 0 atom stereocenters. The minimum absolute atomic E-state index is 0.0177. The lowest BCUT2D eigenvalue weighted by atomic mass is 10.1. The van der Waals surface area contributed by atoms with Crippen LogP contribution in [-0.2, 0) is 4.79 Å².